The van der Waals surface area contributed by atoms with Crippen molar-refractivity contribution in [3.05, 3.63) is 32.8 Å². The van der Waals surface area contributed by atoms with Crippen molar-refractivity contribution in [1.82, 2.24) is 0 Å². The fourth-order valence-corrected chi connectivity index (χ4v) is 2.30. The molecule has 1 aromatic rings. The number of carboxylic acid groups (broad SMARTS) is 1. The molecule has 0 amide bonds. The van der Waals surface area contributed by atoms with Crippen molar-refractivity contribution in [2.75, 3.05) is 0 Å². The van der Waals surface area contributed by atoms with Crippen LogP contribution in [-0.2, 0) is 9.05 Å². The maximum Gasteiger partial charge on any atom is 0.337 e. The minimum atomic E-state index is -4.44. The first-order valence-electron chi connectivity index (χ1n) is 3.80. The van der Waals surface area contributed by atoms with Gasteiger partial charge in [-0.3, -0.25) is 10.1 Å². The van der Waals surface area contributed by atoms with Gasteiger partial charge >= 0.3 is 5.97 Å². The van der Waals surface area contributed by atoms with Gasteiger partial charge in [0, 0.05) is 16.7 Å². The van der Waals surface area contributed by atoms with Gasteiger partial charge in [-0.05, 0) is 6.07 Å². The van der Waals surface area contributed by atoms with Crippen molar-refractivity contribution in [1.29, 1.82) is 0 Å². The number of benzene rings is 1. The number of rotatable bonds is 3. The quantitative estimate of drug-likeness (QED) is 0.517. The molecule has 0 aliphatic rings. The Kier molecular flexibility index (Phi) is 3.60. The van der Waals surface area contributed by atoms with E-state index in [1.165, 1.54) is 0 Å². The van der Waals surface area contributed by atoms with Crippen LogP contribution in [0.1, 0.15) is 10.4 Å². The standard InChI is InChI=1S/C7H3Cl2NO6S/c8-4-2-5(10(13)14)6(17(9,15)16)1-3(4)7(11)12/h1-2H,(H,11,12). The van der Waals surface area contributed by atoms with E-state index in [0.717, 1.165) is 0 Å². The third-order valence-corrected chi connectivity index (χ3v) is 3.40. The lowest BCUT2D eigenvalue weighted by Gasteiger charge is -2.03. The highest BCUT2D eigenvalue weighted by Gasteiger charge is 2.27. The van der Waals surface area contributed by atoms with Gasteiger partial charge in [0.1, 0.15) is 0 Å². The first-order valence-corrected chi connectivity index (χ1v) is 6.49. The third-order valence-electron chi connectivity index (χ3n) is 1.74. The molecule has 7 nitrogen and oxygen atoms in total. The summed E-state index contributed by atoms with van der Waals surface area (Å²) in [6.45, 7) is 0. The molecular formula is C7H3Cl2NO6S. The second kappa shape index (κ2) is 4.47. The van der Waals surface area contributed by atoms with Crippen molar-refractivity contribution in [2.45, 2.75) is 4.90 Å². The average Bonchev–Trinajstić information content (AvgIpc) is 2.14. The zero-order valence-electron chi connectivity index (χ0n) is 7.75. The van der Waals surface area contributed by atoms with E-state index < -0.39 is 41.1 Å². The van der Waals surface area contributed by atoms with Crippen molar-refractivity contribution >= 4 is 43.0 Å². The van der Waals surface area contributed by atoms with E-state index in [4.69, 9.17) is 27.4 Å². The molecule has 0 aliphatic carbocycles. The lowest BCUT2D eigenvalue weighted by atomic mass is 10.2. The van der Waals surface area contributed by atoms with Gasteiger partial charge < -0.3 is 5.11 Å². The largest absolute Gasteiger partial charge is 0.478 e. The first-order chi connectivity index (χ1) is 7.64. The number of hydrogen-bond donors (Lipinski definition) is 1. The molecule has 0 saturated heterocycles. The van der Waals surface area contributed by atoms with Gasteiger partial charge in [-0.25, -0.2) is 13.2 Å². The summed E-state index contributed by atoms with van der Waals surface area (Å²) in [4.78, 5) is 19.3. The Balaban J connectivity index is 3.72. The second-order valence-electron chi connectivity index (χ2n) is 2.80. The van der Waals surface area contributed by atoms with E-state index in [1.54, 1.807) is 0 Å². The topological polar surface area (TPSA) is 115 Å². The lowest BCUT2D eigenvalue weighted by Crippen LogP contribution is -2.04. The molecule has 0 atom stereocenters. The van der Waals surface area contributed by atoms with Gasteiger partial charge in [0.25, 0.3) is 14.7 Å². The zero-order chi connectivity index (χ0) is 13.4. The second-order valence-corrected chi connectivity index (χ2v) is 5.74. The Morgan fingerprint density at radius 3 is 2.29 bits per heavy atom. The molecule has 0 heterocycles. The van der Waals surface area contributed by atoms with Crippen molar-refractivity contribution < 1.29 is 23.2 Å². The fourth-order valence-electron chi connectivity index (χ4n) is 1.04. The van der Waals surface area contributed by atoms with E-state index in [-0.39, 0.29) is 0 Å². The SMILES string of the molecule is O=C(O)c1cc(S(=O)(=O)Cl)c([N+](=O)[O-])cc1Cl. The van der Waals surface area contributed by atoms with Crippen LogP contribution in [0.4, 0.5) is 5.69 Å². The number of nitrogens with zero attached hydrogens (tertiary/aromatic N) is 1. The Morgan fingerprint density at radius 2 is 1.94 bits per heavy atom. The normalized spacial score (nSPS) is 11.2. The van der Waals surface area contributed by atoms with Crippen molar-refractivity contribution in [3.8, 4) is 0 Å². The predicted molar refractivity (Wildman–Crippen MR) is 58.1 cm³/mol. The Hall–Kier alpha value is -1.38. The van der Waals surface area contributed by atoms with E-state index >= 15 is 0 Å². The van der Waals surface area contributed by atoms with E-state index in [0.29, 0.717) is 12.1 Å². The highest BCUT2D eigenvalue weighted by Crippen LogP contribution is 2.32. The molecule has 0 aromatic heterocycles. The van der Waals surface area contributed by atoms with Crippen LogP contribution >= 0.6 is 22.3 Å². The van der Waals surface area contributed by atoms with Crippen molar-refractivity contribution in [3.63, 3.8) is 0 Å². The highest BCUT2D eigenvalue weighted by molar-refractivity contribution is 8.13. The summed E-state index contributed by atoms with van der Waals surface area (Å²) in [5.74, 6) is -1.52. The lowest BCUT2D eigenvalue weighted by molar-refractivity contribution is -0.387. The maximum atomic E-state index is 11.1. The van der Waals surface area contributed by atoms with Crippen LogP contribution in [0, 0.1) is 10.1 Å². The summed E-state index contributed by atoms with van der Waals surface area (Å²) < 4.78 is 22.1. The summed E-state index contributed by atoms with van der Waals surface area (Å²) in [7, 11) is 0.526. The van der Waals surface area contributed by atoms with E-state index in [2.05, 4.69) is 0 Å². The molecule has 0 spiro atoms. The van der Waals surface area contributed by atoms with Gasteiger partial charge in [0.15, 0.2) is 4.90 Å². The Morgan fingerprint density at radius 1 is 1.41 bits per heavy atom. The number of carbonyl (C=O) groups is 1. The molecule has 92 valence electrons. The molecule has 0 radical (unpaired) electrons. The predicted octanol–water partition coefficient (Wildman–Crippen LogP) is 1.87. The monoisotopic (exact) mass is 299 g/mol. The minimum absolute atomic E-state index is 0.451. The number of nitro groups is 1. The summed E-state index contributed by atoms with van der Waals surface area (Å²) in [5, 5.41) is 18.8. The highest BCUT2D eigenvalue weighted by atomic mass is 35.7. The van der Waals surface area contributed by atoms with Crippen LogP contribution in [-0.4, -0.2) is 24.4 Å². The summed E-state index contributed by atoms with van der Waals surface area (Å²) in [6.07, 6.45) is 0. The molecule has 0 unspecified atom stereocenters. The number of hydrogen-bond acceptors (Lipinski definition) is 5. The summed E-state index contributed by atoms with van der Waals surface area (Å²) in [6, 6.07) is 1.17. The summed E-state index contributed by atoms with van der Waals surface area (Å²) >= 11 is 5.47. The van der Waals surface area contributed by atoms with Gasteiger partial charge in [-0.15, -0.1) is 0 Å². The van der Waals surface area contributed by atoms with Crippen LogP contribution in [0.2, 0.25) is 5.02 Å². The zero-order valence-corrected chi connectivity index (χ0v) is 10.1. The number of halogens is 2. The van der Waals surface area contributed by atoms with Gasteiger partial charge in [0.05, 0.1) is 15.5 Å². The smallest absolute Gasteiger partial charge is 0.337 e. The Labute approximate surface area is 104 Å². The molecule has 0 aliphatic heterocycles. The maximum absolute atomic E-state index is 11.1. The van der Waals surface area contributed by atoms with E-state index in [1.807, 2.05) is 0 Å². The molecular weight excluding hydrogens is 297 g/mol. The van der Waals surface area contributed by atoms with Gasteiger partial charge in [0.2, 0.25) is 0 Å². The first kappa shape index (κ1) is 13.7. The van der Waals surface area contributed by atoms with Crippen LogP contribution in [0.25, 0.3) is 0 Å². The van der Waals surface area contributed by atoms with Crippen LogP contribution < -0.4 is 0 Å². The number of nitro benzene ring substituents is 1. The van der Waals surface area contributed by atoms with E-state index in [9.17, 15) is 23.3 Å². The molecule has 1 N–H and O–H groups in total. The number of aromatic carboxylic acids is 1. The molecule has 1 rings (SSSR count). The molecule has 1 aromatic carbocycles. The van der Waals surface area contributed by atoms with Gasteiger partial charge in [-0.2, -0.15) is 0 Å². The molecule has 0 saturated carbocycles. The molecule has 0 bridgehead atoms. The van der Waals surface area contributed by atoms with Crippen molar-refractivity contribution in [2.24, 2.45) is 0 Å². The molecule has 17 heavy (non-hydrogen) atoms. The third kappa shape index (κ3) is 2.84. The van der Waals surface area contributed by atoms with Crippen LogP contribution in [0.15, 0.2) is 17.0 Å². The van der Waals surface area contributed by atoms with Gasteiger partial charge in [-0.1, -0.05) is 11.6 Å². The summed E-state index contributed by atoms with van der Waals surface area (Å²) in [5.41, 5.74) is -1.47. The van der Waals surface area contributed by atoms with Crippen LogP contribution in [0.3, 0.4) is 0 Å². The molecule has 0 fully saturated rings. The minimum Gasteiger partial charge on any atom is -0.478 e. The average molecular weight is 300 g/mol. The van der Waals surface area contributed by atoms with Crippen LogP contribution in [0.5, 0.6) is 0 Å². The number of carboxylic acids is 1. The fraction of sp³-hybridized carbons (Fsp3) is 0. The molecule has 10 heteroatoms. The Bertz CT molecular complexity index is 611.